The van der Waals surface area contributed by atoms with Crippen molar-refractivity contribution in [2.45, 2.75) is 95.2 Å². The van der Waals surface area contributed by atoms with E-state index < -0.39 is 5.60 Å². The van der Waals surface area contributed by atoms with Crippen LogP contribution in [-0.2, 0) is 6.54 Å². The van der Waals surface area contributed by atoms with Gasteiger partial charge in [0, 0.05) is 24.2 Å². The number of aromatic nitrogens is 2. The molecular weight excluding hydrogens is 559 g/mol. The molecule has 2 aliphatic carbocycles. The highest BCUT2D eigenvalue weighted by Gasteiger charge is 2.32. The van der Waals surface area contributed by atoms with Crippen molar-refractivity contribution < 1.29 is 14.6 Å². The summed E-state index contributed by atoms with van der Waals surface area (Å²) in [7, 11) is 0. The third-order valence-electron chi connectivity index (χ3n) is 8.30. The van der Waals surface area contributed by atoms with Crippen LogP contribution in [0.4, 0.5) is 0 Å². The van der Waals surface area contributed by atoms with Crippen molar-refractivity contribution in [2.75, 3.05) is 6.54 Å². The Labute approximate surface area is 252 Å². The van der Waals surface area contributed by atoms with Gasteiger partial charge in [-0.3, -0.25) is 4.79 Å². The van der Waals surface area contributed by atoms with Crippen molar-refractivity contribution in [3.05, 3.63) is 69.8 Å². The average molecular weight is 600 g/mol. The van der Waals surface area contributed by atoms with Gasteiger partial charge in [-0.05, 0) is 62.1 Å². The molecule has 2 fully saturated rings. The molecule has 0 unspecified atom stereocenters. The Kier molecular flexibility index (Phi) is 10.3. The summed E-state index contributed by atoms with van der Waals surface area (Å²) >= 11 is 12.8. The van der Waals surface area contributed by atoms with Gasteiger partial charge >= 0.3 is 0 Å². The van der Waals surface area contributed by atoms with Crippen LogP contribution in [0.15, 0.2) is 48.5 Å². The molecule has 0 spiro atoms. The predicted octanol–water partition coefficient (Wildman–Crippen LogP) is 7.60. The van der Waals surface area contributed by atoms with E-state index in [0.717, 1.165) is 32.1 Å². The fourth-order valence-electron chi connectivity index (χ4n) is 5.90. The topological polar surface area (TPSA) is 88.4 Å². The summed E-state index contributed by atoms with van der Waals surface area (Å²) in [6.07, 6.45) is 12.8. The molecule has 0 aliphatic heterocycles. The Morgan fingerprint density at radius 3 is 2.32 bits per heavy atom. The molecule has 41 heavy (non-hydrogen) atoms. The molecule has 5 rings (SSSR count). The molecule has 0 bridgehead atoms. The molecule has 9 heteroatoms. The molecule has 2 aliphatic rings. The molecule has 2 aromatic carbocycles. The van der Waals surface area contributed by atoms with Crippen LogP contribution in [0.25, 0.3) is 5.69 Å². The zero-order chi connectivity index (χ0) is 28.7. The molecule has 0 atom stereocenters. The maximum absolute atomic E-state index is 13.7. The molecule has 2 saturated carbocycles. The zero-order valence-electron chi connectivity index (χ0n) is 23.5. The van der Waals surface area contributed by atoms with Gasteiger partial charge < -0.3 is 20.5 Å². The molecule has 0 radical (unpaired) electrons. The van der Waals surface area contributed by atoms with Crippen molar-refractivity contribution in [3.8, 4) is 17.3 Å². The van der Waals surface area contributed by atoms with Crippen molar-refractivity contribution in [1.82, 2.24) is 20.4 Å². The van der Waals surface area contributed by atoms with Crippen LogP contribution >= 0.6 is 23.2 Å². The maximum Gasteiger partial charge on any atom is 0.272 e. The summed E-state index contributed by atoms with van der Waals surface area (Å²) in [5.74, 6) is 0.642. The second-order valence-corrected chi connectivity index (χ2v) is 12.3. The summed E-state index contributed by atoms with van der Waals surface area (Å²) in [6.45, 7) is 0.596. The molecular formula is C32H40Cl2N4O3. The summed E-state index contributed by atoms with van der Waals surface area (Å²) in [6, 6.07) is 14.8. The monoisotopic (exact) mass is 598 g/mol. The number of carbonyl (C=O) groups excluding carboxylic acids is 1. The third kappa shape index (κ3) is 7.83. The Morgan fingerprint density at radius 2 is 1.61 bits per heavy atom. The lowest BCUT2D eigenvalue weighted by molar-refractivity contribution is 0.00519. The smallest absolute Gasteiger partial charge is 0.272 e. The molecule has 1 amide bonds. The standard InChI is InChI=1S/C32H40Cl2N4O3/c33-23-15-17-25(18-16-23)41-31-26(21-35-24-11-5-2-1-3-6-12-24)29(37-38(31)28-14-8-7-13-27(28)34)30(39)36-22-32(40)19-9-4-10-20-32/h7-8,13-18,24,35,40H,1-6,9-12,19-22H2,(H,36,39). The van der Waals surface area contributed by atoms with E-state index in [1.165, 1.54) is 32.1 Å². The first-order chi connectivity index (χ1) is 19.9. The molecule has 0 saturated heterocycles. The van der Waals surface area contributed by atoms with E-state index in [9.17, 15) is 9.90 Å². The minimum Gasteiger partial charge on any atom is -0.439 e. The van der Waals surface area contributed by atoms with E-state index in [2.05, 4.69) is 10.6 Å². The fourth-order valence-corrected chi connectivity index (χ4v) is 6.25. The fraction of sp³-hybridized carbons (Fsp3) is 0.500. The number of benzene rings is 2. The van der Waals surface area contributed by atoms with Crippen LogP contribution in [0.1, 0.15) is 93.1 Å². The Hall–Kier alpha value is -2.58. The van der Waals surface area contributed by atoms with Gasteiger partial charge in [0.2, 0.25) is 5.88 Å². The first-order valence-electron chi connectivity index (χ1n) is 15.0. The average Bonchev–Trinajstić information content (AvgIpc) is 3.31. The van der Waals surface area contributed by atoms with Crippen molar-refractivity contribution >= 4 is 29.1 Å². The van der Waals surface area contributed by atoms with Gasteiger partial charge in [0.1, 0.15) is 5.75 Å². The Morgan fingerprint density at radius 1 is 0.951 bits per heavy atom. The van der Waals surface area contributed by atoms with Crippen molar-refractivity contribution in [2.24, 2.45) is 0 Å². The summed E-state index contributed by atoms with van der Waals surface area (Å²) in [5, 5.41) is 23.6. The van der Waals surface area contributed by atoms with E-state index >= 15 is 0 Å². The minimum absolute atomic E-state index is 0.188. The highest BCUT2D eigenvalue weighted by Crippen LogP contribution is 2.34. The maximum atomic E-state index is 13.7. The van der Waals surface area contributed by atoms with E-state index in [-0.39, 0.29) is 18.1 Å². The number of hydrogen-bond acceptors (Lipinski definition) is 5. The number of para-hydroxylation sites is 1. The number of nitrogens with zero attached hydrogens (tertiary/aromatic N) is 2. The van der Waals surface area contributed by atoms with Crippen LogP contribution in [0.3, 0.4) is 0 Å². The second kappa shape index (κ2) is 14.1. The van der Waals surface area contributed by atoms with Crippen LogP contribution in [-0.4, -0.2) is 39.0 Å². The quantitative estimate of drug-likeness (QED) is 0.236. The summed E-state index contributed by atoms with van der Waals surface area (Å²) in [5.41, 5.74) is 0.621. The minimum atomic E-state index is -0.890. The number of ether oxygens (including phenoxy) is 1. The first-order valence-corrected chi connectivity index (χ1v) is 15.7. The first kappa shape index (κ1) is 29.9. The number of aliphatic hydroxyl groups is 1. The molecule has 3 aromatic rings. The Balaban J connectivity index is 1.51. The summed E-state index contributed by atoms with van der Waals surface area (Å²) in [4.78, 5) is 13.7. The molecule has 3 N–H and O–H groups in total. The van der Waals surface area contributed by atoms with Crippen molar-refractivity contribution in [1.29, 1.82) is 0 Å². The molecule has 1 heterocycles. The second-order valence-electron chi connectivity index (χ2n) is 11.4. The van der Waals surface area contributed by atoms with Gasteiger partial charge in [-0.2, -0.15) is 9.78 Å². The SMILES string of the molecule is O=C(NCC1(O)CCCCC1)c1nn(-c2ccccc2Cl)c(Oc2ccc(Cl)cc2)c1CNC1CCCCCCC1. The van der Waals surface area contributed by atoms with Gasteiger partial charge in [0.15, 0.2) is 5.69 Å². The van der Waals surface area contributed by atoms with Crippen LogP contribution in [0.2, 0.25) is 10.0 Å². The number of hydrogen-bond donors (Lipinski definition) is 3. The van der Waals surface area contributed by atoms with Gasteiger partial charge in [-0.15, -0.1) is 0 Å². The van der Waals surface area contributed by atoms with E-state index in [0.29, 0.717) is 58.4 Å². The zero-order valence-corrected chi connectivity index (χ0v) is 25.0. The molecule has 7 nitrogen and oxygen atoms in total. The van der Waals surface area contributed by atoms with E-state index in [1.54, 1.807) is 35.0 Å². The van der Waals surface area contributed by atoms with Crippen molar-refractivity contribution in [3.63, 3.8) is 0 Å². The highest BCUT2D eigenvalue weighted by atomic mass is 35.5. The van der Waals surface area contributed by atoms with Gasteiger partial charge in [0.25, 0.3) is 5.91 Å². The summed E-state index contributed by atoms with van der Waals surface area (Å²) < 4.78 is 8.06. The number of amides is 1. The lowest BCUT2D eigenvalue weighted by Crippen LogP contribution is -2.44. The predicted molar refractivity (Wildman–Crippen MR) is 163 cm³/mol. The lowest BCUT2D eigenvalue weighted by Gasteiger charge is -2.32. The van der Waals surface area contributed by atoms with Crippen LogP contribution < -0.4 is 15.4 Å². The van der Waals surface area contributed by atoms with Gasteiger partial charge in [0.05, 0.1) is 21.9 Å². The van der Waals surface area contributed by atoms with E-state index in [1.807, 2.05) is 18.2 Å². The number of nitrogens with one attached hydrogen (secondary N) is 2. The van der Waals surface area contributed by atoms with Crippen LogP contribution in [0, 0.1) is 0 Å². The Bertz CT molecular complexity index is 1300. The van der Waals surface area contributed by atoms with Gasteiger partial charge in [-0.1, -0.05) is 86.7 Å². The lowest BCUT2D eigenvalue weighted by atomic mass is 9.85. The van der Waals surface area contributed by atoms with Gasteiger partial charge in [-0.25, -0.2) is 0 Å². The number of carbonyl (C=O) groups is 1. The molecule has 1 aromatic heterocycles. The number of halogens is 2. The third-order valence-corrected chi connectivity index (χ3v) is 8.87. The number of rotatable bonds is 9. The van der Waals surface area contributed by atoms with E-state index in [4.69, 9.17) is 33.0 Å². The van der Waals surface area contributed by atoms with Crippen LogP contribution in [0.5, 0.6) is 11.6 Å². The largest absolute Gasteiger partial charge is 0.439 e. The molecule has 220 valence electrons. The highest BCUT2D eigenvalue weighted by molar-refractivity contribution is 6.32. The normalized spacial score (nSPS) is 17.9.